The first-order chi connectivity index (χ1) is 13.7. The van der Waals surface area contributed by atoms with Crippen LogP contribution in [-0.4, -0.2) is 24.2 Å². The first-order valence-corrected chi connectivity index (χ1v) is 13.3. The van der Waals surface area contributed by atoms with E-state index >= 15 is 0 Å². The summed E-state index contributed by atoms with van der Waals surface area (Å²) in [4.78, 5) is 12.0. The van der Waals surface area contributed by atoms with Crippen LogP contribution >= 0.6 is 15.9 Å². The quantitative estimate of drug-likeness (QED) is 0.0968. The van der Waals surface area contributed by atoms with Crippen LogP contribution in [0.1, 0.15) is 129 Å². The van der Waals surface area contributed by atoms with Gasteiger partial charge in [-0.25, -0.2) is 4.79 Å². The zero-order valence-corrected chi connectivity index (χ0v) is 20.4. The van der Waals surface area contributed by atoms with Gasteiger partial charge in [0.25, 0.3) is 0 Å². The van der Waals surface area contributed by atoms with Gasteiger partial charge in [0.05, 0.1) is 6.61 Å². The van der Waals surface area contributed by atoms with Crippen molar-refractivity contribution >= 4 is 22.1 Å². The van der Waals surface area contributed by atoms with Gasteiger partial charge in [0.15, 0.2) is 0 Å². The molecule has 3 nitrogen and oxygen atoms in total. The largest absolute Gasteiger partial charge is 0.508 e. The molecule has 0 spiro atoms. The Labute approximate surface area is 183 Å². The van der Waals surface area contributed by atoms with Crippen LogP contribution in [0.3, 0.4) is 0 Å². The Bertz CT molecular complexity index is 309. The first-order valence-electron chi connectivity index (χ1n) is 12.1. The zero-order valence-electron chi connectivity index (χ0n) is 18.8. The van der Waals surface area contributed by atoms with Gasteiger partial charge >= 0.3 is 6.16 Å². The van der Waals surface area contributed by atoms with Crippen molar-refractivity contribution in [2.24, 2.45) is 0 Å². The highest BCUT2D eigenvalue weighted by Crippen LogP contribution is 2.17. The lowest BCUT2D eigenvalue weighted by atomic mass is 10.0. The van der Waals surface area contributed by atoms with E-state index in [4.69, 9.17) is 9.47 Å². The predicted molar refractivity (Wildman–Crippen MR) is 124 cm³/mol. The molecule has 168 valence electrons. The van der Waals surface area contributed by atoms with Crippen LogP contribution in [0.5, 0.6) is 0 Å². The minimum Gasteiger partial charge on any atom is -0.434 e. The fourth-order valence-electron chi connectivity index (χ4n) is 3.44. The topological polar surface area (TPSA) is 35.5 Å². The Balaban J connectivity index is 3.91. The molecule has 0 aromatic heterocycles. The van der Waals surface area contributed by atoms with Gasteiger partial charge < -0.3 is 9.47 Å². The average molecular weight is 464 g/mol. The SMILES string of the molecule is CCCCCCCC(CCCCCCC)OC(=O)OCCCCCCCCBr. The number of rotatable bonds is 21. The van der Waals surface area contributed by atoms with Crippen LogP contribution in [0.25, 0.3) is 0 Å². The van der Waals surface area contributed by atoms with Crippen molar-refractivity contribution in [3.8, 4) is 0 Å². The van der Waals surface area contributed by atoms with Crippen LogP contribution in [0.2, 0.25) is 0 Å². The summed E-state index contributed by atoms with van der Waals surface area (Å²) < 4.78 is 11.0. The number of alkyl halides is 1. The number of ether oxygens (including phenoxy) is 2. The lowest BCUT2D eigenvalue weighted by Crippen LogP contribution is -2.19. The molecule has 0 aliphatic carbocycles. The maximum Gasteiger partial charge on any atom is 0.508 e. The van der Waals surface area contributed by atoms with Crippen LogP contribution in [0.4, 0.5) is 4.79 Å². The van der Waals surface area contributed by atoms with Gasteiger partial charge in [-0.2, -0.15) is 0 Å². The monoisotopic (exact) mass is 462 g/mol. The molecule has 0 fully saturated rings. The van der Waals surface area contributed by atoms with Gasteiger partial charge in [-0.15, -0.1) is 0 Å². The van der Waals surface area contributed by atoms with Crippen molar-refractivity contribution < 1.29 is 14.3 Å². The molecule has 0 rings (SSSR count). The molecular formula is C24H47BrO3. The molecule has 28 heavy (non-hydrogen) atoms. The summed E-state index contributed by atoms with van der Waals surface area (Å²) >= 11 is 3.46. The Morgan fingerprint density at radius 1 is 0.679 bits per heavy atom. The molecule has 0 saturated heterocycles. The van der Waals surface area contributed by atoms with E-state index in [0.29, 0.717) is 6.61 Å². The Morgan fingerprint density at radius 3 is 1.68 bits per heavy atom. The minimum absolute atomic E-state index is 0.0417. The van der Waals surface area contributed by atoms with Crippen LogP contribution in [0.15, 0.2) is 0 Å². The van der Waals surface area contributed by atoms with Gasteiger partial charge in [0.2, 0.25) is 0 Å². The third-order valence-electron chi connectivity index (χ3n) is 5.27. The highest BCUT2D eigenvalue weighted by Gasteiger charge is 2.15. The average Bonchev–Trinajstić information content (AvgIpc) is 2.69. The van der Waals surface area contributed by atoms with Crippen molar-refractivity contribution in [3.63, 3.8) is 0 Å². The molecule has 0 radical (unpaired) electrons. The molecule has 0 atom stereocenters. The second-order valence-electron chi connectivity index (χ2n) is 8.05. The number of carbonyl (C=O) groups excluding carboxylic acids is 1. The van der Waals surface area contributed by atoms with Crippen LogP contribution in [0, 0.1) is 0 Å². The zero-order chi connectivity index (χ0) is 20.7. The van der Waals surface area contributed by atoms with Crippen LogP contribution < -0.4 is 0 Å². The predicted octanol–water partition coefficient (Wildman–Crippen LogP) is 8.96. The fourth-order valence-corrected chi connectivity index (χ4v) is 3.84. The molecular weight excluding hydrogens is 416 g/mol. The summed E-state index contributed by atoms with van der Waals surface area (Å²) in [6, 6.07) is 0. The molecule has 0 N–H and O–H groups in total. The molecule has 0 aliphatic rings. The number of unbranched alkanes of at least 4 members (excludes halogenated alkanes) is 13. The third-order valence-corrected chi connectivity index (χ3v) is 5.83. The second-order valence-corrected chi connectivity index (χ2v) is 8.85. The van der Waals surface area contributed by atoms with E-state index < -0.39 is 6.16 Å². The smallest absolute Gasteiger partial charge is 0.434 e. The van der Waals surface area contributed by atoms with Gasteiger partial charge in [0, 0.05) is 5.33 Å². The van der Waals surface area contributed by atoms with E-state index in [1.807, 2.05) is 0 Å². The lowest BCUT2D eigenvalue weighted by molar-refractivity contribution is 0.0154. The molecule has 0 heterocycles. The maximum absolute atomic E-state index is 12.0. The van der Waals surface area contributed by atoms with Crippen molar-refractivity contribution in [2.75, 3.05) is 11.9 Å². The summed E-state index contributed by atoms with van der Waals surface area (Å²) in [6.07, 6.45) is 21.2. The molecule has 0 bridgehead atoms. The number of hydrogen-bond acceptors (Lipinski definition) is 3. The molecule has 0 aromatic carbocycles. The minimum atomic E-state index is -0.452. The molecule has 4 heteroatoms. The van der Waals surface area contributed by atoms with Gasteiger partial charge in [-0.3, -0.25) is 0 Å². The molecule has 0 aliphatic heterocycles. The van der Waals surface area contributed by atoms with Crippen LogP contribution in [-0.2, 0) is 9.47 Å². The van der Waals surface area contributed by atoms with Crippen molar-refractivity contribution in [1.29, 1.82) is 0 Å². The highest BCUT2D eigenvalue weighted by molar-refractivity contribution is 9.09. The Kier molecular flexibility index (Phi) is 22.8. The van der Waals surface area contributed by atoms with Crippen molar-refractivity contribution in [2.45, 2.75) is 136 Å². The van der Waals surface area contributed by atoms with Crippen molar-refractivity contribution in [1.82, 2.24) is 0 Å². The standard InChI is InChI=1S/C24H47BrO3/c1-3-5-7-11-15-19-23(20-16-12-8-6-4-2)28-24(26)27-22-18-14-10-9-13-17-21-25/h23H,3-22H2,1-2H3. The third kappa shape index (κ3) is 20.5. The summed E-state index contributed by atoms with van der Waals surface area (Å²) in [6.45, 7) is 4.97. The van der Waals surface area contributed by atoms with E-state index in [9.17, 15) is 4.79 Å². The Morgan fingerprint density at radius 2 is 1.14 bits per heavy atom. The molecule has 0 unspecified atom stereocenters. The summed E-state index contributed by atoms with van der Waals surface area (Å²) in [7, 11) is 0. The van der Waals surface area contributed by atoms with E-state index in [1.54, 1.807) is 0 Å². The highest BCUT2D eigenvalue weighted by atomic mass is 79.9. The van der Waals surface area contributed by atoms with Gasteiger partial charge in [0.1, 0.15) is 6.10 Å². The molecule has 0 amide bonds. The van der Waals surface area contributed by atoms with E-state index in [1.165, 1.54) is 77.0 Å². The van der Waals surface area contributed by atoms with E-state index in [0.717, 1.165) is 43.9 Å². The summed E-state index contributed by atoms with van der Waals surface area (Å²) in [5.74, 6) is 0. The first kappa shape index (κ1) is 27.8. The summed E-state index contributed by atoms with van der Waals surface area (Å²) in [5.41, 5.74) is 0. The number of carbonyl (C=O) groups is 1. The lowest BCUT2D eigenvalue weighted by Gasteiger charge is -2.18. The summed E-state index contributed by atoms with van der Waals surface area (Å²) in [5, 5.41) is 1.10. The normalized spacial score (nSPS) is 11.1. The van der Waals surface area contributed by atoms with E-state index in [2.05, 4.69) is 29.8 Å². The maximum atomic E-state index is 12.0. The van der Waals surface area contributed by atoms with E-state index in [-0.39, 0.29) is 6.10 Å². The van der Waals surface area contributed by atoms with Gasteiger partial charge in [-0.05, 0) is 38.5 Å². The number of hydrogen-bond donors (Lipinski definition) is 0. The fraction of sp³-hybridized carbons (Fsp3) is 0.958. The molecule has 0 saturated carbocycles. The second kappa shape index (κ2) is 23.0. The molecule has 0 aromatic rings. The van der Waals surface area contributed by atoms with Gasteiger partial charge in [-0.1, -0.05) is 107 Å². The van der Waals surface area contributed by atoms with Crippen molar-refractivity contribution in [3.05, 3.63) is 0 Å². The number of halogens is 1. The Hall–Kier alpha value is -0.250.